The number of hydrogen-bond donors (Lipinski definition) is 1. The van der Waals surface area contributed by atoms with Crippen LogP contribution in [0.25, 0.3) is 11.1 Å². The highest BCUT2D eigenvalue weighted by Gasteiger charge is 2.22. The highest BCUT2D eigenvalue weighted by Crippen LogP contribution is 2.35. The van der Waals surface area contributed by atoms with Gasteiger partial charge in [-0.25, -0.2) is 13.8 Å². The molecular formula is C25H23F2N5O3S. The lowest BCUT2D eigenvalue weighted by molar-refractivity contribution is -0.128. The molecule has 4 rings (SSSR count). The minimum Gasteiger partial charge on any atom is -0.494 e. The molecule has 0 unspecified atom stereocenters. The van der Waals surface area contributed by atoms with Gasteiger partial charge >= 0.3 is 0 Å². The second-order valence-electron chi connectivity index (χ2n) is 8.32. The number of thiazole rings is 1. The smallest absolute Gasteiger partial charge is 0.280 e. The number of likely N-dealkylation sites (N-methyl/N-ethyl adjacent to an activating group) is 1. The number of halogens is 2. The highest BCUT2D eigenvalue weighted by atomic mass is 32.1. The SMILES string of the molecule is COc1cnc(C(F)F)cc1-c1cc(CC(=O)N(C)C)ncc1C(=O)Nc1ncc(C#CC2CC2)s1. The zero-order valence-electron chi connectivity index (χ0n) is 19.8. The Morgan fingerprint density at radius 2 is 1.94 bits per heavy atom. The number of anilines is 1. The van der Waals surface area contributed by atoms with Crippen molar-refractivity contribution in [2.45, 2.75) is 25.7 Å². The lowest BCUT2D eigenvalue weighted by Gasteiger charge is -2.15. The molecule has 186 valence electrons. The molecule has 2 amide bonds. The van der Waals surface area contributed by atoms with Crippen LogP contribution in [0, 0.1) is 17.8 Å². The van der Waals surface area contributed by atoms with E-state index < -0.39 is 18.0 Å². The Morgan fingerprint density at radius 1 is 1.17 bits per heavy atom. The van der Waals surface area contributed by atoms with E-state index in [1.165, 1.54) is 47.9 Å². The minimum absolute atomic E-state index is 0.0352. The molecular weight excluding hydrogens is 488 g/mol. The van der Waals surface area contributed by atoms with Gasteiger partial charge in [0, 0.05) is 37.3 Å². The van der Waals surface area contributed by atoms with Gasteiger partial charge in [-0.3, -0.25) is 24.9 Å². The molecule has 0 saturated heterocycles. The molecule has 0 aromatic carbocycles. The standard InChI is InChI=1S/C25H23F2N5O3S/c1-32(2)22(33)9-15-8-17(18-10-20(23(26)27)29-13-21(18)35-3)19(12-28-15)24(34)31-25-30-11-16(36-25)7-6-14-4-5-14/h8,10-14,23H,4-5,9H2,1-3H3,(H,30,31,34). The number of nitrogens with zero attached hydrogens (tertiary/aromatic N) is 4. The van der Waals surface area contributed by atoms with Gasteiger partial charge in [-0.15, -0.1) is 0 Å². The van der Waals surface area contributed by atoms with Crippen LogP contribution in [-0.2, 0) is 11.2 Å². The predicted octanol–water partition coefficient (Wildman–Crippen LogP) is 4.19. The van der Waals surface area contributed by atoms with E-state index in [9.17, 15) is 18.4 Å². The molecule has 0 aliphatic heterocycles. The molecule has 0 radical (unpaired) electrons. The van der Waals surface area contributed by atoms with Gasteiger partial charge < -0.3 is 9.64 Å². The van der Waals surface area contributed by atoms with E-state index in [1.807, 2.05) is 0 Å². The van der Waals surface area contributed by atoms with Crippen LogP contribution in [0.2, 0.25) is 0 Å². The van der Waals surface area contributed by atoms with Gasteiger partial charge in [0.05, 0.1) is 42.1 Å². The average molecular weight is 512 g/mol. The first-order valence-electron chi connectivity index (χ1n) is 11.1. The van der Waals surface area contributed by atoms with Crippen molar-refractivity contribution in [3.05, 3.63) is 52.6 Å². The van der Waals surface area contributed by atoms with Gasteiger partial charge in [-0.1, -0.05) is 23.2 Å². The number of pyridine rings is 2. The van der Waals surface area contributed by atoms with Gasteiger partial charge in [0.1, 0.15) is 11.4 Å². The Hall–Kier alpha value is -3.91. The van der Waals surface area contributed by atoms with Crippen LogP contribution in [0.1, 0.15) is 45.9 Å². The second-order valence-corrected chi connectivity index (χ2v) is 9.35. The summed E-state index contributed by atoms with van der Waals surface area (Å²) < 4.78 is 32.2. The van der Waals surface area contributed by atoms with Crippen LogP contribution in [0.5, 0.6) is 5.75 Å². The number of hydrogen-bond acceptors (Lipinski definition) is 7. The number of nitrogens with one attached hydrogen (secondary N) is 1. The van der Waals surface area contributed by atoms with Crippen molar-refractivity contribution in [3.63, 3.8) is 0 Å². The Morgan fingerprint density at radius 3 is 2.61 bits per heavy atom. The summed E-state index contributed by atoms with van der Waals surface area (Å²) in [5.74, 6) is 6.08. The maximum atomic E-state index is 13.4. The van der Waals surface area contributed by atoms with Gasteiger partial charge in [0.25, 0.3) is 12.3 Å². The molecule has 1 fully saturated rings. The van der Waals surface area contributed by atoms with Gasteiger partial charge in [-0.05, 0) is 25.0 Å². The molecule has 0 spiro atoms. The third-order valence-electron chi connectivity index (χ3n) is 5.36. The molecule has 8 nitrogen and oxygen atoms in total. The topological polar surface area (TPSA) is 97.3 Å². The van der Waals surface area contributed by atoms with Crippen LogP contribution < -0.4 is 10.1 Å². The fourth-order valence-electron chi connectivity index (χ4n) is 3.22. The summed E-state index contributed by atoms with van der Waals surface area (Å²) in [4.78, 5) is 39.9. The summed E-state index contributed by atoms with van der Waals surface area (Å²) in [6.07, 6.45) is 3.42. The molecule has 1 saturated carbocycles. The fraction of sp³-hybridized carbons (Fsp3) is 0.320. The molecule has 0 atom stereocenters. The molecule has 3 aromatic heterocycles. The molecule has 11 heteroatoms. The van der Waals surface area contributed by atoms with Crippen LogP contribution >= 0.6 is 11.3 Å². The Bertz CT molecular complexity index is 1360. The third-order valence-corrected chi connectivity index (χ3v) is 6.19. The fourth-order valence-corrected chi connectivity index (χ4v) is 3.89. The van der Waals surface area contributed by atoms with Crippen LogP contribution in [0.15, 0.2) is 30.7 Å². The minimum atomic E-state index is -2.82. The molecule has 3 heterocycles. The number of amides is 2. The largest absolute Gasteiger partial charge is 0.494 e. The van der Waals surface area contributed by atoms with E-state index in [0.717, 1.165) is 17.7 Å². The van der Waals surface area contributed by atoms with Crippen molar-refractivity contribution in [2.75, 3.05) is 26.5 Å². The molecule has 1 aliphatic rings. The molecule has 1 aliphatic carbocycles. The summed E-state index contributed by atoms with van der Waals surface area (Å²) in [6.45, 7) is 0. The van der Waals surface area contributed by atoms with Gasteiger partial charge in [0.15, 0.2) is 5.13 Å². The average Bonchev–Trinajstić information content (AvgIpc) is 3.59. The van der Waals surface area contributed by atoms with E-state index in [4.69, 9.17) is 4.74 Å². The monoisotopic (exact) mass is 511 g/mol. The highest BCUT2D eigenvalue weighted by molar-refractivity contribution is 7.16. The quantitative estimate of drug-likeness (QED) is 0.478. The number of ether oxygens (including phenoxy) is 1. The Labute approximate surface area is 210 Å². The first-order valence-corrected chi connectivity index (χ1v) is 11.9. The zero-order valence-corrected chi connectivity index (χ0v) is 20.7. The maximum Gasteiger partial charge on any atom is 0.280 e. The van der Waals surface area contributed by atoms with Crippen molar-refractivity contribution < 1.29 is 23.1 Å². The van der Waals surface area contributed by atoms with Gasteiger partial charge in [0.2, 0.25) is 5.91 Å². The van der Waals surface area contributed by atoms with Crippen molar-refractivity contribution >= 4 is 28.3 Å². The van der Waals surface area contributed by atoms with Crippen molar-refractivity contribution in [1.82, 2.24) is 19.9 Å². The van der Waals surface area contributed by atoms with Crippen LogP contribution in [-0.4, -0.2) is 52.9 Å². The van der Waals surface area contributed by atoms with Crippen molar-refractivity contribution in [1.29, 1.82) is 0 Å². The zero-order chi connectivity index (χ0) is 25.8. The molecule has 3 aromatic rings. The number of carbonyl (C=O) groups is 2. The Balaban J connectivity index is 1.72. The summed E-state index contributed by atoms with van der Waals surface area (Å²) >= 11 is 1.23. The first-order chi connectivity index (χ1) is 17.2. The summed E-state index contributed by atoms with van der Waals surface area (Å²) in [6, 6.07) is 2.69. The number of carbonyl (C=O) groups excluding carboxylic acids is 2. The Kier molecular flexibility index (Phi) is 7.55. The third kappa shape index (κ3) is 6.01. The first kappa shape index (κ1) is 25.2. The second kappa shape index (κ2) is 10.8. The maximum absolute atomic E-state index is 13.4. The van der Waals surface area contributed by atoms with E-state index in [0.29, 0.717) is 16.7 Å². The number of aromatic nitrogens is 3. The number of alkyl halides is 2. The summed E-state index contributed by atoms with van der Waals surface area (Å²) in [5.41, 5.74) is 0.490. The van der Waals surface area contributed by atoms with Gasteiger partial charge in [-0.2, -0.15) is 0 Å². The predicted molar refractivity (Wildman–Crippen MR) is 131 cm³/mol. The van der Waals surface area contributed by atoms with E-state index in [2.05, 4.69) is 32.1 Å². The van der Waals surface area contributed by atoms with E-state index >= 15 is 0 Å². The lowest BCUT2D eigenvalue weighted by Crippen LogP contribution is -2.24. The molecule has 1 N–H and O–H groups in total. The molecule has 36 heavy (non-hydrogen) atoms. The van der Waals surface area contributed by atoms with E-state index in [1.54, 1.807) is 20.3 Å². The van der Waals surface area contributed by atoms with Crippen LogP contribution in [0.3, 0.4) is 0 Å². The summed E-state index contributed by atoms with van der Waals surface area (Å²) in [5, 5.41) is 3.07. The number of rotatable bonds is 7. The number of methoxy groups -OCH3 is 1. The van der Waals surface area contributed by atoms with E-state index in [-0.39, 0.29) is 34.8 Å². The summed E-state index contributed by atoms with van der Waals surface area (Å²) in [7, 11) is 4.60. The molecule has 0 bridgehead atoms. The lowest BCUT2D eigenvalue weighted by atomic mass is 9.98. The van der Waals surface area contributed by atoms with Crippen LogP contribution in [0.4, 0.5) is 13.9 Å². The normalized spacial score (nSPS) is 12.6. The van der Waals surface area contributed by atoms with Crippen molar-refractivity contribution in [3.8, 4) is 28.7 Å². The van der Waals surface area contributed by atoms with Crippen molar-refractivity contribution in [2.24, 2.45) is 5.92 Å².